The number of halogens is 1. The summed E-state index contributed by atoms with van der Waals surface area (Å²) in [7, 11) is 1.45. The summed E-state index contributed by atoms with van der Waals surface area (Å²) in [6.45, 7) is 4.09. The predicted octanol–water partition coefficient (Wildman–Crippen LogP) is 3.20. The summed E-state index contributed by atoms with van der Waals surface area (Å²) in [6, 6.07) is 10.4. The number of amides is 1. The Morgan fingerprint density at radius 2 is 1.91 bits per heavy atom. The van der Waals surface area contributed by atoms with Gasteiger partial charge in [0.15, 0.2) is 0 Å². The smallest absolute Gasteiger partial charge is 0.295 e. The lowest BCUT2D eigenvalue weighted by atomic mass is 9.95. The maximum Gasteiger partial charge on any atom is 0.295 e. The molecule has 2 saturated heterocycles. The summed E-state index contributed by atoms with van der Waals surface area (Å²) < 4.78 is 10.5. The number of carbonyl (C=O) groups is 2. The molecule has 2 heterocycles. The molecule has 2 aromatic rings. The number of methoxy groups -OCH3 is 1. The van der Waals surface area contributed by atoms with Crippen molar-refractivity contribution in [3.05, 3.63) is 64.2 Å². The topological polar surface area (TPSA) is 99.5 Å². The fourth-order valence-corrected chi connectivity index (χ4v) is 4.61. The summed E-state index contributed by atoms with van der Waals surface area (Å²) in [4.78, 5) is 29.9. The van der Waals surface area contributed by atoms with Crippen molar-refractivity contribution in [3.63, 3.8) is 0 Å². The molecule has 2 N–H and O–H groups in total. The van der Waals surface area contributed by atoms with Crippen molar-refractivity contribution in [2.45, 2.75) is 12.5 Å². The molecule has 180 valence electrons. The van der Waals surface area contributed by atoms with Gasteiger partial charge in [0, 0.05) is 37.3 Å². The minimum Gasteiger partial charge on any atom is -0.507 e. The van der Waals surface area contributed by atoms with E-state index in [9.17, 15) is 19.8 Å². The number of benzene rings is 2. The van der Waals surface area contributed by atoms with Gasteiger partial charge in [-0.1, -0.05) is 23.7 Å². The third kappa shape index (κ3) is 4.89. The second kappa shape index (κ2) is 10.5. The van der Waals surface area contributed by atoms with E-state index in [1.54, 1.807) is 30.3 Å². The van der Waals surface area contributed by atoms with Crippen LogP contribution in [0.1, 0.15) is 23.6 Å². The van der Waals surface area contributed by atoms with Crippen molar-refractivity contribution in [2.24, 2.45) is 0 Å². The molecule has 2 aliphatic rings. The zero-order chi connectivity index (χ0) is 24.2. The van der Waals surface area contributed by atoms with Crippen LogP contribution in [0, 0.1) is 0 Å². The van der Waals surface area contributed by atoms with E-state index < -0.39 is 23.5 Å². The minimum atomic E-state index is -0.829. The van der Waals surface area contributed by atoms with Gasteiger partial charge in [-0.05, 0) is 36.2 Å². The first-order chi connectivity index (χ1) is 16.4. The van der Waals surface area contributed by atoms with Gasteiger partial charge in [0.25, 0.3) is 11.7 Å². The third-order valence-corrected chi connectivity index (χ3v) is 6.38. The van der Waals surface area contributed by atoms with Crippen LogP contribution in [0.5, 0.6) is 11.5 Å². The van der Waals surface area contributed by atoms with E-state index >= 15 is 0 Å². The molecule has 0 bridgehead atoms. The van der Waals surface area contributed by atoms with Gasteiger partial charge < -0.3 is 24.6 Å². The van der Waals surface area contributed by atoms with Crippen LogP contribution in [0.3, 0.4) is 0 Å². The maximum absolute atomic E-state index is 13.1. The van der Waals surface area contributed by atoms with Gasteiger partial charge in [0.1, 0.15) is 17.3 Å². The molecule has 8 nitrogen and oxygen atoms in total. The van der Waals surface area contributed by atoms with E-state index in [1.807, 2.05) is 0 Å². The lowest BCUT2D eigenvalue weighted by Gasteiger charge is -2.29. The first-order valence-corrected chi connectivity index (χ1v) is 11.5. The maximum atomic E-state index is 13.1. The zero-order valence-corrected chi connectivity index (χ0v) is 19.6. The van der Waals surface area contributed by atoms with Gasteiger partial charge in [0.05, 0.1) is 37.5 Å². The molecule has 4 rings (SSSR count). The highest BCUT2D eigenvalue weighted by molar-refractivity contribution is 6.46. The molecule has 2 fully saturated rings. The lowest BCUT2D eigenvalue weighted by molar-refractivity contribution is -0.140. The van der Waals surface area contributed by atoms with Crippen LogP contribution >= 0.6 is 11.6 Å². The van der Waals surface area contributed by atoms with E-state index in [1.165, 1.54) is 24.1 Å². The van der Waals surface area contributed by atoms with E-state index in [0.29, 0.717) is 42.5 Å². The quantitative estimate of drug-likeness (QED) is 0.352. The Bertz CT molecular complexity index is 1110. The van der Waals surface area contributed by atoms with Crippen LogP contribution in [0.15, 0.2) is 48.0 Å². The Morgan fingerprint density at radius 1 is 1.15 bits per heavy atom. The summed E-state index contributed by atoms with van der Waals surface area (Å²) in [5, 5.41) is 22.0. The van der Waals surface area contributed by atoms with E-state index in [-0.39, 0.29) is 16.9 Å². The Labute approximate surface area is 202 Å². The second-order valence-electron chi connectivity index (χ2n) is 8.24. The summed E-state index contributed by atoms with van der Waals surface area (Å²) >= 11 is 6.21. The molecule has 2 aromatic carbocycles. The Morgan fingerprint density at radius 3 is 2.59 bits per heavy atom. The van der Waals surface area contributed by atoms with E-state index in [2.05, 4.69) is 4.90 Å². The zero-order valence-electron chi connectivity index (χ0n) is 18.9. The number of phenolic OH excluding ortho intramolecular Hbond substituents is 1. The van der Waals surface area contributed by atoms with Crippen LogP contribution in [0.2, 0.25) is 5.02 Å². The number of hydrogen-bond acceptors (Lipinski definition) is 7. The number of phenols is 1. The standard InChI is InChI=1S/C25H27ClN2O6/c1-33-18-6-7-19(20(29)15-18)23(30)21-22(16-4-2-5-17(26)14-16)28(25(32)24(21)31)9-3-8-27-10-12-34-13-11-27/h2,4-7,14-15,22,29-30H,3,8-13H2,1H3. The number of aliphatic hydroxyl groups is 1. The molecular formula is C25H27ClN2O6. The monoisotopic (exact) mass is 486 g/mol. The number of likely N-dealkylation sites (tertiary alicyclic amines) is 1. The van der Waals surface area contributed by atoms with Crippen LogP contribution in [-0.4, -0.2) is 78.2 Å². The molecule has 1 unspecified atom stereocenters. The Balaban J connectivity index is 1.70. The van der Waals surface area contributed by atoms with Crippen molar-refractivity contribution in [1.29, 1.82) is 0 Å². The number of Topliss-reactive ketones (excluding diaryl/α,β-unsaturated/α-hetero) is 1. The molecule has 1 amide bonds. The van der Waals surface area contributed by atoms with Crippen molar-refractivity contribution in [2.75, 3.05) is 46.5 Å². The number of hydrogen-bond donors (Lipinski definition) is 2. The fourth-order valence-electron chi connectivity index (χ4n) is 4.41. The molecule has 0 aliphatic carbocycles. The SMILES string of the molecule is COc1ccc(C(O)=C2C(=O)C(=O)N(CCCN3CCOCC3)C2c2cccc(Cl)c2)c(O)c1. The molecule has 1 atom stereocenters. The highest BCUT2D eigenvalue weighted by Crippen LogP contribution is 2.41. The number of morpholine rings is 1. The van der Waals surface area contributed by atoms with Gasteiger partial charge in [-0.15, -0.1) is 0 Å². The summed E-state index contributed by atoms with van der Waals surface area (Å²) in [5.41, 5.74) is 0.561. The fraction of sp³-hybridized carbons (Fsp3) is 0.360. The summed E-state index contributed by atoms with van der Waals surface area (Å²) in [5.74, 6) is -1.81. The van der Waals surface area contributed by atoms with Crippen molar-refractivity contribution in [3.8, 4) is 11.5 Å². The molecule has 0 aromatic heterocycles. The minimum absolute atomic E-state index is 0.0409. The Kier molecular flexibility index (Phi) is 7.41. The van der Waals surface area contributed by atoms with E-state index in [4.69, 9.17) is 21.1 Å². The molecule has 0 radical (unpaired) electrons. The predicted molar refractivity (Wildman–Crippen MR) is 127 cm³/mol. The van der Waals surface area contributed by atoms with Gasteiger partial charge in [-0.3, -0.25) is 14.5 Å². The normalized spacial score (nSPS) is 20.6. The number of aliphatic hydroxyl groups excluding tert-OH is 1. The lowest BCUT2D eigenvalue weighted by Crippen LogP contribution is -2.38. The van der Waals surface area contributed by atoms with Crippen LogP contribution < -0.4 is 4.74 Å². The summed E-state index contributed by atoms with van der Waals surface area (Å²) in [6.07, 6.45) is 0.651. The largest absolute Gasteiger partial charge is 0.507 e. The van der Waals surface area contributed by atoms with Gasteiger partial charge >= 0.3 is 0 Å². The van der Waals surface area contributed by atoms with Gasteiger partial charge in [-0.25, -0.2) is 0 Å². The van der Waals surface area contributed by atoms with Crippen molar-refractivity contribution >= 4 is 29.1 Å². The van der Waals surface area contributed by atoms with Crippen molar-refractivity contribution < 1.29 is 29.3 Å². The average Bonchev–Trinajstić information content (AvgIpc) is 3.09. The van der Waals surface area contributed by atoms with E-state index in [0.717, 1.165) is 19.6 Å². The molecule has 9 heteroatoms. The third-order valence-electron chi connectivity index (χ3n) is 6.14. The number of rotatable bonds is 7. The molecule has 0 spiro atoms. The average molecular weight is 487 g/mol. The van der Waals surface area contributed by atoms with Crippen molar-refractivity contribution in [1.82, 2.24) is 9.80 Å². The van der Waals surface area contributed by atoms with Crippen LogP contribution in [0.4, 0.5) is 0 Å². The number of ether oxygens (including phenoxy) is 2. The Hall–Kier alpha value is -3.07. The van der Waals surface area contributed by atoms with Crippen LogP contribution in [-0.2, 0) is 14.3 Å². The number of ketones is 1. The first kappa shape index (κ1) is 24.1. The van der Waals surface area contributed by atoms with Crippen LogP contribution in [0.25, 0.3) is 5.76 Å². The number of aromatic hydroxyl groups is 1. The highest BCUT2D eigenvalue weighted by atomic mass is 35.5. The first-order valence-electron chi connectivity index (χ1n) is 11.1. The molecule has 0 saturated carbocycles. The second-order valence-corrected chi connectivity index (χ2v) is 8.67. The molecule has 34 heavy (non-hydrogen) atoms. The number of nitrogens with zero attached hydrogens (tertiary/aromatic N) is 2. The molecule has 2 aliphatic heterocycles. The van der Waals surface area contributed by atoms with Gasteiger partial charge in [0.2, 0.25) is 0 Å². The highest BCUT2D eigenvalue weighted by Gasteiger charge is 2.46. The number of carbonyl (C=O) groups excluding carboxylic acids is 2. The molecular weight excluding hydrogens is 460 g/mol. The van der Waals surface area contributed by atoms with Gasteiger partial charge in [-0.2, -0.15) is 0 Å².